The number of aliphatic hydroxyl groups is 5. The zero-order valence-electron chi connectivity index (χ0n) is 12.9. The van der Waals surface area contributed by atoms with Crippen LogP contribution in [-0.2, 0) is 18.9 Å². The molecule has 23 heavy (non-hydrogen) atoms. The molecule has 2 saturated heterocycles. The van der Waals surface area contributed by atoms with Crippen molar-refractivity contribution in [3.8, 4) is 0 Å². The van der Waals surface area contributed by atoms with Crippen LogP contribution in [0.15, 0.2) is 0 Å². The van der Waals surface area contributed by atoms with Crippen LogP contribution in [0.5, 0.6) is 0 Å². The van der Waals surface area contributed by atoms with E-state index in [0.717, 1.165) is 0 Å². The molecule has 136 valence electrons. The second-order valence-corrected chi connectivity index (χ2v) is 6.43. The second kappa shape index (κ2) is 8.39. The van der Waals surface area contributed by atoms with Crippen molar-refractivity contribution < 1.29 is 44.5 Å². The Balaban J connectivity index is 2.07. The molecule has 0 saturated carbocycles. The van der Waals surface area contributed by atoms with E-state index >= 15 is 0 Å². The van der Waals surface area contributed by atoms with E-state index < -0.39 is 61.9 Å². The maximum atomic E-state index is 10.2. The molecule has 2 fully saturated rings. The number of thioether (sulfide) groups is 1. The molecule has 9 atom stereocenters. The first kappa shape index (κ1) is 19.3. The minimum atomic E-state index is -1.36. The van der Waals surface area contributed by atoms with Gasteiger partial charge in [0.15, 0.2) is 12.6 Å². The number of aliphatic hydroxyl groups excluding tert-OH is 5. The molecular weight excluding hydrogens is 332 g/mol. The van der Waals surface area contributed by atoms with Crippen LogP contribution in [0.4, 0.5) is 0 Å². The van der Waals surface area contributed by atoms with Gasteiger partial charge in [-0.1, -0.05) is 0 Å². The van der Waals surface area contributed by atoms with Crippen molar-refractivity contribution in [1.82, 2.24) is 0 Å². The summed E-state index contributed by atoms with van der Waals surface area (Å²) in [5, 5.41) is 49.5. The SMILES string of the molecule is CO[C@H]1O[C@H](CO)[C@@H](O)[C@H](O[C@@H]2O[C@@H](CSC)[C@@H](O)[C@@H]2O)[C@@H]1O. The maximum Gasteiger partial charge on any atom is 0.187 e. The van der Waals surface area contributed by atoms with Gasteiger partial charge in [0.25, 0.3) is 0 Å². The molecule has 0 aromatic rings. The molecule has 0 aromatic carbocycles. The van der Waals surface area contributed by atoms with Gasteiger partial charge >= 0.3 is 0 Å². The summed E-state index contributed by atoms with van der Waals surface area (Å²) in [5.41, 5.74) is 0. The van der Waals surface area contributed by atoms with E-state index in [2.05, 4.69) is 0 Å². The van der Waals surface area contributed by atoms with Crippen LogP contribution in [-0.4, -0.2) is 107 Å². The van der Waals surface area contributed by atoms with E-state index in [1.165, 1.54) is 18.9 Å². The number of ether oxygens (including phenoxy) is 4. The standard InChI is InChI=1S/C13H24O9S/c1-19-12-10(18)11(8(16)5(3-14)20-12)22-13-9(17)7(15)6(21-13)4-23-2/h5-18H,3-4H2,1-2H3/t5-,6+,7-,8-,9+,10+,11+,12+,13+/m1/s1. The molecule has 0 aliphatic carbocycles. The zero-order chi connectivity index (χ0) is 17.1. The lowest BCUT2D eigenvalue weighted by Crippen LogP contribution is -2.61. The van der Waals surface area contributed by atoms with Crippen molar-refractivity contribution in [1.29, 1.82) is 0 Å². The quantitative estimate of drug-likeness (QED) is 0.341. The lowest BCUT2D eigenvalue weighted by atomic mass is 9.99. The van der Waals surface area contributed by atoms with Crippen molar-refractivity contribution in [3.63, 3.8) is 0 Å². The molecule has 0 aromatic heterocycles. The van der Waals surface area contributed by atoms with Gasteiger partial charge in [-0.25, -0.2) is 0 Å². The van der Waals surface area contributed by atoms with E-state index in [1.807, 2.05) is 6.26 Å². The summed E-state index contributed by atoms with van der Waals surface area (Å²) in [6, 6.07) is 0. The van der Waals surface area contributed by atoms with Gasteiger partial charge in [0.1, 0.15) is 36.6 Å². The molecule has 2 aliphatic rings. The van der Waals surface area contributed by atoms with Crippen molar-refractivity contribution in [2.75, 3.05) is 25.7 Å². The zero-order valence-corrected chi connectivity index (χ0v) is 13.7. The molecule has 9 nitrogen and oxygen atoms in total. The fourth-order valence-electron chi connectivity index (χ4n) is 2.69. The van der Waals surface area contributed by atoms with E-state index in [-0.39, 0.29) is 0 Å². The first-order valence-electron chi connectivity index (χ1n) is 7.25. The maximum absolute atomic E-state index is 10.2. The second-order valence-electron chi connectivity index (χ2n) is 5.52. The highest BCUT2D eigenvalue weighted by Crippen LogP contribution is 2.30. The number of methoxy groups -OCH3 is 1. The molecule has 2 heterocycles. The smallest absolute Gasteiger partial charge is 0.187 e. The van der Waals surface area contributed by atoms with Crippen LogP contribution in [0.25, 0.3) is 0 Å². The summed E-state index contributed by atoms with van der Waals surface area (Å²) in [5.74, 6) is 0.455. The lowest BCUT2D eigenvalue weighted by molar-refractivity contribution is -0.325. The minimum Gasteiger partial charge on any atom is -0.394 e. The normalized spacial score (nSPS) is 47.9. The average molecular weight is 356 g/mol. The highest BCUT2D eigenvalue weighted by molar-refractivity contribution is 7.98. The van der Waals surface area contributed by atoms with E-state index in [9.17, 15) is 25.5 Å². The molecule has 2 rings (SSSR count). The van der Waals surface area contributed by atoms with Crippen LogP contribution in [0, 0.1) is 0 Å². The Labute approximate surface area is 138 Å². The van der Waals surface area contributed by atoms with Gasteiger partial charge in [-0.3, -0.25) is 0 Å². The number of hydrogen-bond acceptors (Lipinski definition) is 10. The van der Waals surface area contributed by atoms with Gasteiger partial charge < -0.3 is 44.5 Å². The summed E-state index contributed by atoms with van der Waals surface area (Å²) >= 11 is 1.44. The average Bonchev–Trinajstić information content (AvgIpc) is 2.80. The third-order valence-corrected chi connectivity index (χ3v) is 4.66. The lowest BCUT2D eigenvalue weighted by Gasteiger charge is -2.42. The van der Waals surface area contributed by atoms with Crippen LogP contribution >= 0.6 is 11.8 Å². The topological polar surface area (TPSA) is 138 Å². The Hall–Kier alpha value is -0.0100. The molecule has 5 N–H and O–H groups in total. The molecular formula is C13H24O9S. The van der Waals surface area contributed by atoms with Crippen LogP contribution in [0.3, 0.4) is 0 Å². The van der Waals surface area contributed by atoms with Crippen LogP contribution < -0.4 is 0 Å². The Morgan fingerprint density at radius 3 is 2.13 bits per heavy atom. The van der Waals surface area contributed by atoms with E-state index in [1.54, 1.807) is 0 Å². The molecule has 0 spiro atoms. The Kier molecular flexibility index (Phi) is 7.04. The number of rotatable bonds is 6. The third-order valence-electron chi connectivity index (χ3n) is 3.99. The molecule has 0 radical (unpaired) electrons. The van der Waals surface area contributed by atoms with Crippen molar-refractivity contribution in [3.05, 3.63) is 0 Å². The van der Waals surface area contributed by atoms with Gasteiger partial charge in [0.2, 0.25) is 0 Å². The molecule has 0 amide bonds. The van der Waals surface area contributed by atoms with Crippen LogP contribution in [0.1, 0.15) is 0 Å². The van der Waals surface area contributed by atoms with Gasteiger partial charge in [-0.05, 0) is 6.26 Å². The highest BCUT2D eigenvalue weighted by atomic mass is 32.2. The first-order valence-corrected chi connectivity index (χ1v) is 8.65. The van der Waals surface area contributed by atoms with Gasteiger partial charge in [0.05, 0.1) is 12.7 Å². The summed E-state index contributed by atoms with van der Waals surface area (Å²) in [6.07, 6.45) is -8.50. The predicted octanol–water partition coefficient (Wildman–Crippen LogP) is -2.73. The number of hydrogen-bond donors (Lipinski definition) is 5. The summed E-state index contributed by atoms with van der Waals surface area (Å²) in [7, 11) is 1.30. The van der Waals surface area contributed by atoms with Gasteiger partial charge in [-0.2, -0.15) is 11.8 Å². The Morgan fingerprint density at radius 1 is 0.913 bits per heavy atom. The third kappa shape index (κ3) is 3.98. The van der Waals surface area contributed by atoms with Gasteiger partial charge in [0, 0.05) is 12.9 Å². The van der Waals surface area contributed by atoms with E-state index in [4.69, 9.17) is 18.9 Å². The molecule has 0 bridgehead atoms. The predicted molar refractivity (Wildman–Crippen MR) is 78.7 cm³/mol. The van der Waals surface area contributed by atoms with E-state index in [0.29, 0.717) is 5.75 Å². The van der Waals surface area contributed by atoms with Crippen molar-refractivity contribution in [2.45, 2.75) is 55.3 Å². The van der Waals surface area contributed by atoms with Crippen LogP contribution in [0.2, 0.25) is 0 Å². The van der Waals surface area contributed by atoms with Gasteiger partial charge in [-0.15, -0.1) is 0 Å². The summed E-state index contributed by atoms with van der Waals surface area (Å²) in [4.78, 5) is 0. The Morgan fingerprint density at radius 2 is 1.57 bits per heavy atom. The minimum absolute atomic E-state index is 0.455. The summed E-state index contributed by atoms with van der Waals surface area (Å²) in [6.45, 7) is -0.501. The van der Waals surface area contributed by atoms with Crippen molar-refractivity contribution >= 4 is 11.8 Å². The Bertz CT molecular complexity index is 357. The first-order chi connectivity index (χ1) is 10.9. The monoisotopic (exact) mass is 356 g/mol. The molecule has 2 aliphatic heterocycles. The summed E-state index contributed by atoms with van der Waals surface area (Å²) < 4.78 is 21.1. The molecule has 10 heteroatoms. The fraction of sp³-hybridized carbons (Fsp3) is 1.00. The largest absolute Gasteiger partial charge is 0.394 e. The fourth-order valence-corrected chi connectivity index (χ4v) is 3.30. The molecule has 0 unspecified atom stereocenters. The highest BCUT2D eigenvalue weighted by Gasteiger charge is 2.50. The van der Waals surface area contributed by atoms with Crippen molar-refractivity contribution in [2.24, 2.45) is 0 Å².